The van der Waals surface area contributed by atoms with Crippen molar-refractivity contribution in [2.75, 3.05) is 6.54 Å². The van der Waals surface area contributed by atoms with Gasteiger partial charge in [-0.2, -0.15) is 9.61 Å². The van der Waals surface area contributed by atoms with Crippen molar-refractivity contribution in [2.45, 2.75) is 43.9 Å². The summed E-state index contributed by atoms with van der Waals surface area (Å²) in [5, 5.41) is 13.7. The van der Waals surface area contributed by atoms with E-state index >= 15 is 0 Å². The van der Waals surface area contributed by atoms with Gasteiger partial charge in [-0.25, -0.2) is 13.1 Å². The van der Waals surface area contributed by atoms with Crippen molar-refractivity contribution in [3.63, 3.8) is 0 Å². The molecule has 1 aliphatic carbocycles. The van der Waals surface area contributed by atoms with Crippen LogP contribution in [0.2, 0.25) is 0 Å². The summed E-state index contributed by atoms with van der Waals surface area (Å²) in [6.45, 7) is 3.99. The van der Waals surface area contributed by atoms with Crippen molar-refractivity contribution < 1.29 is 8.42 Å². The van der Waals surface area contributed by atoms with Gasteiger partial charge < -0.3 is 0 Å². The first kappa shape index (κ1) is 16.6. The molecule has 0 aliphatic heterocycles. The van der Waals surface area contributed by atoms with Gasteiger partial charge >= 0.3 is 0 Å². The van der Waals surface area contributed by atoms with E-state index in [4.69, 9.17) is 0 Å². The van der Waals surface area contributed by atoms with Gasteiger partial charge in [-0.3, -0.25) is 0 Å². The number of hydrogen-bond acceptors (Lipinski definition) is 6. The lowest BCUT2D eigenvalue weighted by molar-refractivity contribution is 0.580. The largest absolute Gasteiger partial charge is 0.240 e. The first-order valence-corrected chi connectivity index (χ1v) is 10.5. The average Bonchev–Trinajstić information content (AvgIpc) is 3.20. The molecule has 1 saturated carbocycles. The van der Waals surface area contributed by atoms with Gasteiger partial charge in [0.1, 0.15) is 5.01 Å². The fourth-order valence-corrected chi connectivity index (χ4v) is 4.93. The molecule has 0 saturated heterocycles. The molecule has 3 aromatic rings. The quantitative estimate of drug-likeness (QED) is 0.711. The van der Waals surface area contributed by atoms with E-state index in [9.17, 15) is 8.42 Å². The Balaban J connectivity index is 1.45. The predicted octanol–water partition coefficient (Wildman–Crippen LogP) is 2.20. The third-order valence-electron chi connectivity index (χ3n) is 4.26. The Kier molecular flexibility index (Phi) is 4.09. The molecule has 0 amide bonds. The lowest BCUT2D eigenvalue weighted by Gasteiger charge is -2.09. The zero-order chi connectivity index (χ0) is 17.6. The Morgan fingerprint density at radius 2 is 2.08 bits per heavy atom. The lowest BCUT2D eigenvalue weighted by Crippen LogP contribution is -2.26. The van der Waals surface area contributed by atoms with Gasteiger partial charge in [-0.05, 0) is 43.9 Å². The molecule has 0 radical (unpaired) electrons. The molecular weight excluding hydrogens is 358 g/mol. The Labute approximate surface area is 150 Å². The molecule has 132 valence electrons. The average molecular weight is 377 g/mol. The number of sulfonamides is 1. The summed E-state index contributed by atoms with van der Waals surface area (Å²) >= 11 is 1.46. The molecule has 0 bridgehead atoms. The number of aryl methyl sites for hydroxylation is 2. The summed E-state index contributed by atoms with van der Waals surface area (Å²) in [5.41, 5.74) is 1.66. The molecule has 0 spiro atoms. The number of hydrogen-bond donors (Lipinski definition) is 1. The van der Waals surface area contributed by atoms with Crippen molar-refractivity contribution in [1.29, 1.82) is 0 Å². The molecule has 1 aliphatic rings. The van der Waals surface area contributed by atoms with Crippen LogP contribution in [-0.4, -0.2) is 34.8 Å². The number of benzene rings is 1. The van der Waals surface area contributed by atoms with Crippen LogP contribution in [0.25, 0.3) is 4.96 Å². The first-order valence-electron chi connectivity index (χ1n) is 8.22. The maximum Gasteiger partial charge on any atom is 0.240 e. The molecule has 1 fully saturated rings. The van der Waals surface area contributed by atoms with E-state index in [-0.39, 0.29) is 0 Å². The standard InChI is InChI=1S/C16H19N5O2S2/c1-10-3-4-11(2)13(9-10)25(22,23)17-8-7-14-20-21-15(12-5-6-12)18-19-16(21)24-14/h3-4,9,12,17H,5-8H2,1-2H3. The van der Waals surface area contributed by atoms with Gasteiger partial charge in [0.25, 0.3) is 0 Å². The van der Waals surface area contributed by atoms with Crippen LogP contribution >= 0.6 is 11.3 Å². The summed E-state index contributed by atoms with van der Waals surface area (Å²) in [6.07, 6.45) is 2.81. The molecule has 7 nitrogen and oxygen atoms in total. The Morgan fingerprint density at radius 1 is 1.28 bits per heavy atom. The van der Waals surface area contributed by atoms with Crippen LogP contribution < -0.4 is 4.72 Å². The van der Waals surface area contributed by atoms with Crippen LogP contribution in [-0.2, 0) is 16.4 Å². The van der Waals surface area contributed by atoms with Crippen LogP contribution in [0.1, 0.15) is 40.7 Å². The number of aromatic nitrogens is 4. The van der Waals surface area contributed by atoms with E-state index in [0.29, 0.717) is 23.8 Å². The second kappa shape index (κ2) is 6.15. The van der Waals surface area contributed by atoms with Crippen LogP contribution in [0, 0.1) is 13.8 Å². The summed E-state index contributed by atoms with van der Waals surface area (Å²) in [6, 6.07) is 5.43. The van der Waals surface area contributed by atoms with E-state index < -0.39 is 10.0 Å². The second-order valence-electron chi connectivity index (χ2n) is 6.44. The maximum absolute atomic E-state index is 12.5. The van der Waals surface area contributed by atoms with Gasteiger partial charge in [0.2, 0.25) is 15.0 Å². The van der Waals surface area contributed by atoms with Gasteiger partial charge in [0.05, 0.1) is 4.90 Å². The molecule has 25 heavy (non-hydrogen) atoms. The van der Waals surface area contributed by atoms with Crippen LogP contribution in [0.4, 0.5) is 0 Å². The summed E-state index contributed by atoms with van der Waals surface area (Å²) < 4.78 is 29.5. The molecule has 0 atom stereocenters. The summed E-state index contributed by atoms with van der Waals surface area (Å²) in [4.78, 5) is 1.11. The molecule has 2 heterocycles. The van der Waals surface area contributed by atoms with Crippen LogP contribution in [0.3, 0.4) is 0 Å². The van der Waals surface area contributed by atoms with E-state index in [0.717, 1.165) is 39.8 Å². The van der Waals surface area contributed by atoms with Crippen LogP contribution in [0.15, 0.2) is 23.1 Å². The predicted molar refractivity (Wildman–Crippen MR) is 95.4 cm³/mol. The zero-order valence-electron chi connectivity index (χ0n) is 14.1. The first-order chi connectivity index (χ1) is 11.9. The van der Waals surface area contributed by atoms with E-state index in [1.54, 1.807) is 17.5 Å². The second-order valence-corrected chi connectivity index (χ2v) is 9.22. The number of nitrogens with zero attached hydrogens (tertiary/aromatic N) is 4. The molecule has 1 N–H and O–H groups in total. The van der Waals surface area contributed by atoms with E-state index in [2.05, 4.69) is 20.0 Å². The molecule has 2 aromatic heterocycles. The zero-order valence-corrected chi connectivity index (χ0v) is 15.7. The monoisotopic (exact) mass is 377 g/mol. The smallest absolute Gasteiger partial charge is 0.211 e. The molecule has 4 rings (SSSR count). The minimum atomic E-state index is -3.52. The summed E-state index contributed by atoms with van der Waals surface area (Å²) in [7, 11) is -3.52. The molecular formula is C16H19N5O2S2. The highest BCUT2D eigenvalue weighted by Crippen LogP contribution is 2.39. The van der Waals surface area contributed by atoms with Crippen molar-refractivity contribution in [3.05, 3.63) is 40.2 Å². The van der Waals surface area contributed by atoms with Crippen molar-refractivity contribution in [3.8, 4) is 0 Å². The highest BCUT2D eigenvalue weighted by molar-refractivity contribution is 7.89. The van der Waals surface area contributed by atoms with Gasteiger partial charge in [-0.1, -0.05) is 23.5 Å². The number of fused-ring (bicyclic) bond motifs is 1. The minimum absolute atomic E-state index is 0.304. The van der Waals surface area contributed by atoms with Crippen molar-refractivity contribution >= 4 is 26.3 Å². The van der Waals surface area contributed by atoms with Gasteiger partial charge in [-0.15, -0.1) is 10.2 Å². The van der Waals surface area contributed by atoms with Gasteiger partial charge in [0, 0.05) is 18.9 Å². The lowest BCUT2D eigenvalue weighted by atomic mass is 10.2. The SMILES string of the molecule is Cc1ccc(C)c(S(=O)(=O)NCCc2nn3c(C4CC4)nnc3s2)c1. The Morgan fingerprint density at radius 3 is 2.84 bits per heavy atom. The van der Waals surface area contributed by atoms with Gasteiger partial charge in [0.15, 0.2) is 5.82 Å². The van der Waals surface area contributed by atoms with E-state index in [1.165, 1.54) is 11.3 Å². The van der Waals surface area contributed by atoms with E-state index in [1.807, 2.05) is 19.1 Å². The minimum Gasteiger partial charge on any atom is -0.211 e. The topological polar surface area (TPSA) is 89.2 Å². The highest BCUT2D eigenvalue weighted by atomic mass is 32.2. The Bertz CT molecular complexity index is 1030. The fraction of sp³-hybridized carbons (Fsp3) is 0.438. The Hall–Kier alpha value is -1.84. The third kappa shape index (κ3) is 3.31. The van der Waals surface area contributed by atoms with Crippen LogP contribution in [0.5, 0.6) is 0 Å². The molecule has 0 unspecified atom stereocenters. The van der Waals surface area contributed by atoms with Crippen molar-refractivity contribution in [2.24, 2.45) is 0 Å². The normalized spacial score (nSPS) is 15.1. The number of rotatable bonds is 6. The molecule has 1 aromatic carbocycles. The van der Waals surface area contributed by atoms with Crippen molar-refractivity contribution in [1.82, 2.24) is 24.5 Å². The highest BCUT2D eigenvalue weighted by Gasteiger charge is 2.30. The fourth-order valence-electron chi connectivity index (χ4n) is 2.74. The molecule has 9 heteroatoms. The number of nitrogens with one attached hydrogen (secondary N) is 1. The summed E-state index contributed by atoms with van der Waals surface area (Å²) in [5.74, 6) is 1.40. The third-order valence-corrected chi connectivity index (χ3v) is 6.83. The maximum atomic E-state index is 12.5.